The van der Waals surface area contributed by atoms with Crippen LogP contribution in [0.1, 0.15) is 38.3 Å². The van der Waals surface area contributed by atoms with Crippen LogP contribution in [-0.4, -0.2) is 60.2 Å². The number of benzene rings is 3. The smallest absolute Gasteiger partial charge is 0.335 e. The first-order chi connectivity index (χ1) is 19.7. The maximum absolute atomic E-state index is 13.2. The van der Waals surface area contributed by atoms with Crippen molar-refractivity contribution in [3.63, 3.8) is 0 Å². The van der Waals surface area contributed by atoms with E-state index in [-0.39, 0.29) is 17.5 Å². The van der Waals surface area contributed by atoms with E-state index >= 15 is 0 Å². The SMILES string of the molecule is O=C(/C=C/c1cc(Cl)ccc1-n1cnnn1)N[C@@H](CCc1cccc(C(=O)O)c1)C(=O)Nc1ccc(C(=O)O)cc1. The Morgan fingerprint density at radius 3 is 2.39 bits per heavy atom. The number of hydrogen-bond donors (Lipinski definition) is 4. The zero-order valence-electron chi connectivity index (χ0n) is 21.3. The summed E-state index contributed by atoms with van der Waals surface area (Å²) in [5, 5.41) is 35.3. The molecule has 0 radical (unpaired) electrons. The fraction of sp³-hybridized carbons (Fsp3) is 0.107. The van der Waals surface area contributed by atoms with Gasteiger partial charge in [-0.15, -0.1) is 5.10 Å². The summed E-state index contributed by atoms with van der Waals surface area (Å²) >= 11 is 6.14. The molecular weight excluding hydrogens is 552 g/mol. The quantitative estimate of drug-likeness (QED) is 0.195. The van der Waals surface area contributed by atoms with Crippen LogP contribution in [-0.2, 0) is 16.0 Å². The lowest BCUT2D eigenvalue weighted by Gasteiger charge is -2.18. The highest BCUT2D eigenvalue weighted by Crippen LogP contribution is 2.20. The maximum Gasteiger partial charge on any atom is 0.335 e. The third-order valence-electron chi connectivity index (χ3n) is 5.93. The van der Waals surface area contributed by atoms with E-state index in [0.29, 0.717) is 33.9 Å². The predicted octanol–water partition coefficient (Wildman–Crippen LogP) is 3.48. The molecule has 1 atom stereocenters. The zero-order chi connectivity index (χ0) is 29.4. The number of hydrogen-bond acceptors (Lipinski definition) is 7. The number of rotatable bonds is 11. The van der Waals surface area contributed by atoms with E-state index in [0.717, 1.165) is 0 Å². The first-order valence-electron chi connectivity index (χ1n) is 12.2. The first kappa shape index (κ1) is 28.6. The highest BCUT2D eigenvalue weighted by atomic mass is 35.5. The monoisotopic (exact) mass is 574 g/mol. The molecule has 2 amide bonds. The van der Waals surface area contributed by atoms with Gasteiger partial charge in [0.15, 0.2) is 0 Å². The third kappa shape index (κ3) is 7.83. The van der Waals surface area contributed by atoms with Crippen molar-refractivity contribution in [2.24, 2.45) is 0 Å². The van der Waals surface area contributed by atoms with Gasteiger partial charge in [0.05, 0.1) is 16.8 Å². The zero-order valence-corrected chi connectivity index (χ0v) is 22.0. The molecule has 0 fully saturated rings. The topological polar surface area (TPSA) is 176 Å². The fourth-order valence-electron chi connectivity index (χ4n) is 3.89. The van der Waals surface area contributed by atoms with Crippen LogP contribution in [0.4, 0.5) is 5.69 Å². The first-order valence-corrected chi connectivity index (χ1v) is 12.6. The second-order valence-corrected chi connectivity index (χ2v) is 9.20. The van der Waals surface area contributed by atoms with E-state index in [1.54, 1.807) is 30.3 Å². The van der Waals surface area contributed by atoms with E-state index < -0.39 is 29.8 Å². The van der Waals surface area contributed by atoms with Gasteiger partial charge < -0.3 is 20.8 Å². The van der Waals surface area contributed by atoms with E-state index in [4.69, 9.17) is 16.7 Å². The largest absolute Gasteiger partial charge is 0.478 e. The molecule has 12 nitrogen and oxygen atoms in total. The normalized spacial score (nSPS) is 11.6. The summed E-state index contributed by atoms with van der Waals surface area (Å²) < 4.78 is 1.41. The number of carboxylic acids is 2. The lowest BCUT2D eigenvalue weighted by atomic mass is 10.0. The van der Waals surface area contributed by atoms with Gasteiger partial charge in [-0.1, -0.05) is 23.7 Å². The van der Waals surface area contributed by atoms with Gasteiger partial charge >= 0.3 is 11.9 Å². The molecule has 1 heterocycles. The van der Waals surface area contributed by atoms with Crippen LogP contribution < -0.4 is 10.6 Å². The van der Waals surface area contributed by atoms with E-state index in [2.05, 4.69) is 26.2 Å². The molecule has 13 heteroatoms. The minimum Gasteiger partial charge on any atom is -0.478 e. The molecule has 4 rings (SSSR count). The maximum atomic E-state index is 13.2. The van der Waals surface area contributed by atoms with Crippen molar-refractivity contribution < 1.29 is 29.4 Å². The summed E-state index contributed by atoms with van der Waals surface area (Å²) in [5.41, 5.74) is 2.29. The Labute approximate surface area is 238 Å². The van der Waals surface area contributed by atoms with Crippen LogP contribution in [0.2, 0.25) is 5.02 Å². The average Bonchev–Trinajstić information content (AvgIpc) is 3.49. The summed E-state index contributed by atoms with van der Waals surface area (Å²) in [6.45, 7) is 0. The summed E-state index contributed by atoms with van der Waals surface area (Å²) in [5.74, 6) is -3.30. The van der Waals surface area contributed by atoms with Crippen LogP contribution in [0.25, 0.3) is 11.8 Å². The average molecular weight is 575 g/mol. The van der Waals surface area contributed by atoms with Gasteiger partial charge in [-0.3, -0.25) is 9.59 Å². The molecule has 0 aliphatic carbocycles. The second-order valence-electron chi connectivity index (χ2n) is 8.77. The van der Waals surface area contributed by atoms with E-state index in [1.165, 1.54) is 59.6 Å². The van der Waals surface area contributed by atoms with Crippen molar-refractivity contribution in [3.05, 3.63) is 106 Å². The number of carboxylic acid groups (broad SMARTS) is 2. The molecule has 0 unspecified atom stereocenters. The Bertz CT molecular complexity index is 1600. The van der Waals surface area contributed by atoms with Gasteiger partial charge in [0.25, 0.3) is 0 Å². The minimum absolute atomic E-state index is 0.0540. The number of nitrogens with zero attached hydrogens (tertiary/aromatic N) is 4. The number of halogens is 1. The number of anilines is 1. The second kappa shape index (κ2) is 13.1. The van der Waals surface area contributed by atoms with Crippen LogP contribution >= 0.6 is 11.6 Å². The summed E-state index contributed by atoms with van der Waals surface area (Å²) in [4.78, 5) is 48.6. The number of aromatic carboxylic acids is 2. The Hall–Kier alpha value is -5.36. The molecule has 0 bridgehead atoms. The molecule has 1 aromatic heterocycles. The van der Waals surface area contributed by atoms with Gasteiger partial charge in [-0.2, -0.15) is 4.68 Å². The highest BCUT2D eigenvalue weighted by Gasteiger charge is 2.21. The Morgan fingerprint density at radius 2 is 1.71 bits per heavy atom. The van der Waals surface area contributed by atoms with Crippen LogP contribution in [0.5, 0.6) is 0 Å². The van der Waals surface area contributed by atoms with E-state index in [1.807, 2.05) is 0 Å². The fourth-order valence-corrected chi connectivity index (χ4v) is 4.07. The molecule has 0 saturated heterocycles. The molecule has 0 aliphatic rings. The molecule has 208 valence electrons. The molecule has 4 N–H and O–H groups in total. The standard InChI is InChI=1S/C28H23ClN6O6/c29-21-8-12-24(35-16-30-33-34-35)19(15-21)7-13-25(36)32-23(11-4-17-2-1-3-20(14-17)28(40)41)26(37)31-22-9-5-18(6-10-22)27(38)39/h1-3,5-10,12-16,23H,4,11H2,(H,31,37)(H,32,36)(H,38,39)(H,40,41)/b13-7+/t23-/m0/s1. The van der Waals surface area contributed by atoms with Gasteiger partial charge in [0, 0.05) is 22.3 Å². The lowest BCUT2D eigenvalue weighted by Crippen LogP contribution is -2.43. The Balaban J connectivity index is 1.52. The van der Waals surface area contributed by atoms with Crippen molar-refractivity contribution in [1.29, 1.82) is 0 Å². The number of nitrogens with one attached hydrogen (secondary N) is 2. The van der Waals surface area contributed by atoms with Crippen molar-refractivity contribution in [3.8, 4) is 5.69 Å². The summed E-state index contributed by atoms with van der Waals surface area (Å²) in [6, 6.07) is 15.8. The summed E-state index contributed by atoms with van der Waals surface area (Å²) in [6.07, 6.45) is 4.58. The predicted molar refractivity (Wildman–Crippen MR) is 149 cm³/mol. The number of aryl methyl sites for hydroxylation is 1. The van der Waals surface area contributed by atoms with Gasteiger partial charge in [-0.25, -0.2) is 9.59 Å². The minimum atomic E-state index is -1.11. The molecule has 0 spiro atoms. The van der Waals surface area contributed by atoms with Crippen molar-refractivity contribution in [1.82, 2.24) is 25.5 Å². The number of tetrazole rings is 1. The molecule has 41 heavy (non-hydrogen) atoms. The van der Waals surface area contributed by atoms with Gasteiger partial charge in [-0.05, 0) is 89.5 Å². The molecule has 0 saturated carbocycles. The van der Waals surface area contributed by atoms with Crippen molar-refractivity contribution >= 4 is 47.1 Å². The third-order valence-corrected chi connectivity index (χ3v) is 6.16. The van der Waals surface area contributed by atoms with Gasteiger partial charge in [0.1, 0.15) is 12.4 Å². The molecule has 0 aliphatic heterocycles. The van der Waals surface area contributed by atoms with Crippen LogP contribution in [0, 0.1) is 0 Å². The summed E-state index contributed by atoms with van der Waals surface area (Å²) in [7, 11) is 0. The molecule has 4 aromatic rings. The van der Waals surface area contributed by atoms with Crippen molar-refractivity contribution in [2.45, 2.75) is 18.9 Å². The van der Waals surface area contributed by atoms with E-state index in [9.17, 15) is 24.3 Å². The number of aromatic nitrogens is 4. The van der Waals surface area contributed by atoms with Crippen molar-refractivity contribution in [2.75, 3.05) is 5.32 Å². The lowest BCUT2D eigenvalue weighted by molar-refractivity contribution is -0.123. The van der Waals surface area contributed by atoms with Crippen LogP contribution in [0.15, 0.2) is 79.1 Å². The van der Waals surface area contributed by atoms with Gasteiger partial charge in [0.2, 0.25) is 11.8 Å². The number of carbonyl (C=O) groups is 4. The Morgan fingerprint density at radius 1 is 0.951 bits per heavy atom. The molecular formula is C28H23ClN6O6. The highest BCUT2D eigenvalue weighted by molar-refractivity contribution is 6.30. The number of carbonyl (C=O) groups excluding carboxylic acids is 2. The molecule has 3 aromatic carbocycles. The van der Waals surface area contributed by atoms with Crippen LogP contribution in [0.3, 0.4) is 0 Å². The number of amides is 2. The Kier molecular flexibility index (Phi) is 9.17.